The molecule has 184 valence electrons. The average Bonchev–Trinajstić information content (AvgIpc) is 2.79. The van der Waals surface area contributed by atoms with Gasteiger partial charge in [0.05, 0.1) is 22.7 Å². The van der Waals surface area contributed by atoms with Gasteiger partial charge in [-0.25, -0.2) is 0 Å². The van der Waals surface area contributed by atoms with E-state index in [2.05, 4.69) is 133 Å². The first kappa shape index (κ1) is 29.0. The summed E-state index contributed by atoms with van der Waals surface area (Å²) in [7, 11) is 0. The van der Waals surface area contributed by atoms with Crippen molar-refractivity contribution in [3.8, 4) is 0 Å². The molecule has 0 radical (unpaired) electrons. The Bertz CT molecular complexity index is 1000. The molecule has 0 bridgehead atoms. The van der Waals surface area contributed by atoms with Crippen molar-refractivity contribution in [2.75, 3.05) is 10.2 Å². The van der Waals surface area contributed by atoms with Crippen LogP contribution in [0.3, 0.4) is 0 Å². The summed E-state index contributed by atoms with van der Waals surface area (Å²) in [4.78, 5) is 2.37. The first-order chi connectivity index (χ1) is 15.5. The van der Waals surface area contributed by atoms with Crippen molar-refractivity contribution in [1.29, 1.82) is 0 Å². The fourth-order valence-corrected chi connectivity index (χ4v) is 3.84. The molecular formula is C32H46N2. The fraction of sp³-hybridized carbons (Fsp3) is 0.375. The number of fused-ring (bicyclic) bond motifs is 2. The van der Waals surface area contributed by atoms with Crippen LogP contribution in [0, 0.1) is 6.92 Å². The molecular weight excluding hydrogens is 412 g/mol. The van der Waals surface area contributed by atoms with Crippen LogP contribution in [-0.2, 0) is 10.8 Å². The molecule has 3 aromatic carbocycles. The minimum absolute atomic E-state index is 0. The van der Waals surface area contributed by atoms with Gasteiger partial charge in [0.15, 0.2) is 0 Å². The Balaban J connectivity index is 0.00000110. The van der Waals surface area contributed by atoms with Gasteiger partial charge < -0.3 is 10.2 Å². The SMILES string of the molecule is C.C=C.CC.Cc1ccc(N2c3ccc(C(C)(C)C)cc3Nc3cc(C(C)(C)C)ccc32)cc1. The van der Waals surface area contributed by atoms with Gasteiger partial charge in [0.25, 0.3) is 0 Å². The summed E-state index contributed by atoms with van der Waals surface area (Å²) in [5.41, 5.74) is 10.1. The van der Waals surface area contributed by atoms with E-state index in [0.717, 1.165) is 11.4 Å². The highest BCUT2D eigenvalue weighted by molar-refractivity contribution is 5.97. The molecule has 3 aromatic rings. The van der Waals surface area contributed by atoms with E-state index in [0.29, 0.717) is 0 Å². The standard InChI is InChI=1S/C27H32N2.C2H6.C2H4.CH4/c1-18-8-12-21(13-9-18)29-24-14-10-19(26(2,3)4)16-22(24)28-23-17-20(27(5,6)7)11-15-25(23)29;2*1-2;/h8-17,28H,1-7H3;1-2H3;1-2H2;1H4. The second kappa shape index (κ2) is 11.4. The van der Waals surface area contributed by atoms with E-state index in [4.69, 9.17) is 0 Å². The van der Waals surface area contributed by atoms with E-state index in [1.807, 2.05) is 13.8 Å². The number of aryl methyl sites for hydroxylation is 1. The summed E-state index contributed by atoms with van der Waals surface area (Å²) in [5.74, 6) is 0. The smallest absolute Gasteiger partial charge is 0.0697 e. The third-order valence-corrected chi connectivity index (χ3v) is 5.77. The van der Waals surface area contributed by atoms with Crippen molar-refractivity contribution in [2.24, 2.45) is 0 Å². The molecule has 34 heavy (non-hydrogen) atoms. The maximum absolute atomic E-state index is 3.73. The van der Waals surface area contributed by atoms with Gasteiger partial charge in [-0.1, -0.05) is 92.6 Å². The van der Waals surface area contributed by atoms with Gasteiger partial charge in [0.1, 0.15) is 0 Å². The van der Waals surface area contributed by atoms with Crippen LogP contribution in [0.15, 0.2) is 73.8 Å². The molecule has 1 aliphatic rings. The summed E-state index contributed by atoms with van der Waals surface area (Å²) in [6, 6.07) is 22.4. The Labute approximate surface area is 209 Å². The summed E-state index contributed by atoms with van der Waals surface area (Å²) >= 11 is 0. The zero-order valence-electron chi connectivity index (χ0n) is 22.1. The molecule has 1 heterocycles. The van der Waals surface area contributed by atoms with Gasteiger partial charge in [-0.15, -0.1) is 13.2 Å². The molecule has 0 amide bonds. The number of rotatable bonds is 1. The molecule has 0 saturated heterocycles. The van der Waals surface area contributed by atoms with Gasteiger partial charge in [-0.05, 0) is 65.3 Å². The molecule has 0 saturated carbocycles. The third-order valence-electron chi connectivity index (χ3n) is 5.77. The maximum Gasteiger partial charge on any atom is 0.0697 e. The lowest BCUT2D eigenvalue weighted by molar-refractivity contribution is 0.590. The lowest BCUT2D eigenvalue weighted by Gasteiger charge is -2.36. The zero-order chi connectivity index (χ0) is 25.0. The van der Waals surface area contributed by atoms with Crippen LogP contribution < -0.4 is 10.2 Å². The summed E-state index contributed by atoms with van der Waals surface area (Å²) in [6.45, 7) is 25.7. The highest BCUT2D eigenvalue weighted by Crippen LogP contribution is 2.49. The normalized spacial score (nSPS) is 11.9. The second-order valence-electron chi connectivity index (χ2n) is 10.3. The topological polar surface area (TPSA) is 15.3 Å². The van der Waals surface area contributed by atoms with Crippen molar-refractivity contribution in [3.05, 3.63) is 90.5 Å². The number of nitrogens with zero attached hydrogens (tertiary/aromatic N) is 1. The summed E-state index contributed by atoms with van der Waals surface area (Å²) in [5, 5.41) is 3.73. The molecule has 1 N–H and O–H groups in total. The molecule has 0 aromatic heterocycles. The second-order valence-corrected chi connectivity index (χ2v) is 10.3. The summed E-state index contributed by atoms with van der Waals surface area (Å²) in [6.07, 6.45) is 0. The van der Waals surface area contributed by atoms with Crippen LogP contribution >= 0.6 is 0 Å². The quantitative estimate of drug-likeness (QED) is 0.285. The Morgan fingerprint density at radius 3 is 1.38 bits per heavy atom. The number of nitrogens with one attached hydrogen (secondary N) is 1. The maximum atomic E-state index is 3.73. The summed E-state index contributed by atoms with van der Waals surface area (Å²) < 4.78 is 0. The van der Waals surface area contributed by atoms with Crippen molar-refractivity contribution in [2.45, 2.75) is 80.6 Å². The lowest BCUT2D eigenvalue weighted by atomic mass is 9.85. The van der Waals surface area contributed by atoms with Crippen molar-refractivity contribution >= 4 is 28.4 Å². The minimum Gasteiger partial charge on any atom is -0.352 e. The van der Waals surface area contributed by atoms with Crippen molar-refractivity contribution in [3.63, 3.8) is 0 Å². The molecule has 0 fully saturated rings. The largest absolute Gasteiger partial charge is 0.352 e. The number of anilines is 5. The van der Waals surface area contributed by atoms with Crippen LogP contribution in [0.1, 0.15) is 79.5 Å². The molecule has 2 heteroatoms. The number of hydrogen-bond acceptors (Lipinski definition) is 2. The molecule has 0 atom stereocenters. The van der Waals surface area contributed by atoms with E-state index >= 15 is 0 Å². The molecule has 1 aliphatic heterocycles. The van der Waals surface area contributed by atoms with Crippen molar-refractivity contribution < 1.29 is 0 Å². The Morgan fingerprint density at radius 2 is 1.03 bits per heavy atom. The molecule has 2 nitrogen and oxygen atoms in total. The van der Waals surface area contributed by atoms with E-state index < -0.39 is 0 Å². The van der Waals surface area contributed by atoms with E-state index in [9.17, 15) is 0 Å². The van der Waals surface area contributed by atoms with E-state index in [-0.39, 0.29) is 18.3 Å². The van der Waals surface area contributed by atoms with Crippen LogP contribution in [0.4, 0.5) is 28.4 Å². The predicted molar refractivity (Wildman–Crippen MR) is 156 cm³/mol. The Kier molecular flexibility index (Phi) is 9.75. The average molecular weight is 459 g/mol. The molecule has 0 spiro atoms. The molecule has 0 unspecified atom stereocenters. The van der Waals surface area contributed by atoms with Gasteiger partial charge in [-0.3, -0.25) is 0 Å². The zero-order valence-corrected chi connectivity index (χ0v) is 22.1. The Hall–Kier alpha value is -3.00. The van der Waals surface area contributed by atoms with Gasteiger partial charge in [0, 0.05) is 5.69 Å². The first-order valence-corrected chi connectivity index (χ1v) is 12.0. The number of benzene rings is 3. The lowest BCUT2D eigenvalue weighted by Crippen LogP contribution is -2.20. The number of hydrogen-bond donors (Lipinski definition) is 1. The highest BCUT2D eigenvalue weighted by Gasteiger charge is 2.27. The van der Waals surface area contributed by atoms with Gasteiger partial charge in [-0.2, -0.15) is 0 Å². The van der Waals surface area contributed by atoms with E-state index in [1.165, 1.54) is 33.8 Å². The molecule has 0 aliphatic carbocycles. The van der Waals surface area contributed by atoms with Crippen LogP contribution in [0.5, 0.6) is 0 Å². The van der Waals surface area contributed by atoms with Crippen LogP contribution in [-0.4, -0.2) is 0 Å². The van der Waals surface area contributed by atoms with Crippen LogP contribution in [0.2, 0.25) is 0 Å². The third kappa shape index (κ3) is 6.11. The van der Waals surface area contributed by atoms with Crippen molar-refractivity contribution in [1.82, 2.24) is 0 Å². The molecule has 4 rings (SSSR count). The monoisotopic (exact) mass is 458 g/mol. The predicted octanol–water partition coefficient (Wildman–Crippen LogP) is 10.6. The van der Waals surface area contributed by atoms with Gasteiger partial charge >= 0.3 is 0 Å². The fourth-order valence-electron chi connectivity index (χ4n) is 3.84. The minimum atomic E-state index is 0. The Morgan fingerprint density at radius 1 is 0.647 bits per heavy atom. The first-order valence-electron chi connectivity index (χ1n) is 12.0. The van der Waals surface area contributed by atoms with E-state index in [1.54, 1.807) is 0 Å². The highest BCUT2D eigenvalue weighted by atomic mass is 15.2. The van der Waals surface area contributed by atoms with Crippen LogP contribution in [0.25, 0.3) is 0 Å². The van der Waals surface area contributed by atoms with Gasteiger partial charge in [0.2, 0.25) is 0 Å².